The zero-order valence-electron chi connectivity index (χ0n) is 10.8. The van der Waals surface area contributed by atoms with Crippen molar-refractivity contribution in [3.05, 3.63) is 24.5 Å². The number of aromatic nitrogens is 4. The van der Waals surface area contributed by atoms with Crippen LogP contribution in [-0.2, 0) is 0 Å². The predicted octanol–water partition coefficient (Wildman–Crippen LogP) is 1.63. The summed E-state index contributed by atoms with van der Waals surface area (Å²) < 4.78 is 5.33. The molecular weight excluding hydrogens is 230 g/mol. The lowest BCUT2D eigenvalue weighted by Gasteiger charge is -2.17. The van der Waals surface area contributed by atoms with Crippen LogP contribution in [0.4, 0.5) is 0 Å². The van der Waals surface area contributed by atoms with Gasteiger partial charge in [-0.15, -0.1) is 0 Å². The molecule has 0 fully saturated rings. The first-order valence-corrected chi connectivity index (χ1v) is 6.03. The molecule has 0 aliphatic rings. The van der Waals surface area contributed by atoms with E-state index in [9.17, 15) is 0 Å². The molecule has 6 nitrogen and oxygen atoms in total. The molecule has 0 saturated heterocycles. The second kappa shape index (κ2) is 5.68. The minimum absolute atomic E-state index is 0.202. The summed E-state index contributed by atoms with van der Waals surface area (Å²) in [5.41, 5.74) is 0.625. The summed E-state index contributed by atoms with van der Waals surface area (Å²) in [5.74, 6) is 1.33. The van der Waals surface area contributed by atoms with Gasteiger partial charge in [0, 0.05) is 18.4 Å². The highest BCUT2D eigenvalue weighted by Crippen LogP contribution is 2.23. The van der Waals surface area contributed by atoms with Crippen LogP contribution in [0, 0.1) is 0 Å². The highest BCUT2D eigenvalue weighted by atomic mass is 16.5. The first kappa shape index (κ1) is 12.6. The first-order valence-electron chi connectivity index (χ1n) is 6.03. The molecule has 0 radical (unpaired) electrons. The normalized spacial score (nSPS) is 14.4. The van der Waals surface area contributed by atoms with Crippen LogP contribution in [-0.4, -0.2) is 33.2 Å². The van der Waals surface area contributed by atoms with Gasteiger partial charge in [-0.05, 0) is 20.4 Å². The van der Waals surface area contributed by atoms with Gasteiger partial charge in [-0.25, -0.2) is 4.98 Å². The van der Waals surface area contributed by atoms with Gasteiger partial charge in [-0.2, -0.15) is 4.98 Å². The molecule has 0 spiro atoms. The molecule has 0 bridgehead atoms. The standard InChI is InChI=1S/C12H17N5O/c1-4-9(8(2)13-3)12-16-11(17-18-12)10-7-14-5-6-15-10/h5-9,13H,4H2,1-3H3. The Labute approximate surface area is 106 Å². The van der Waals surface area contributed by atoms with Crippen LogP contribution in [0.25, 0.3) is 11.5 Å². The van der Waals surface area contributed by atoms with Crippen LogP contribution < -0.4 is 5.32 Å². The van der Waals surface area contributed by atoms with Gasteiger partial charge in [0.1, 0.15) is 5.69 Å². The molecule has 2 atom stereocenters. The average molecular weight is 247 g/mol. The molecule has 0 aliphatic heterocycles. The number of hydrogen-bond donors (Lipinski definition) is 1. The average Bonchev–Trinajstić information content (AvgIpc) is 2.90. The van der Waals surface area contributed by atoms with Crippen molar-refractivity contribution in [2.24, 2.45) is 0 Å². The maximum atomic E-state index is 5.33. The van der Waals surface area contributed by atoms with Crippen molar-refractivity contribution in [1.29, 1.82) is 0 Å². The summed E-state index contributed by atoms with van der Waals surface area (Å²) >= 11 is 0. The maximum absolute atomic E-state index is 5.33. The van der Waals surface area contributed by atoms with Crippen molar-refractivity contribution in [2.45, 2.75) is 32.2 Å². The van der Waals surface area contributed by atoms with Gasteiger partial charge in [0.25, 0.3) is 0 Å². The molecule has 2 unspecified atom stereocenters. The Morgan fingerprint density at radius 2 is 2.22 bits per heavy atom. The molecule has 6 heteroatoms. The second-order valence-corrected chi connectivity index (χ2v) is 4.14. The Balaban J connectivity index is 2.25. The summed E-state index contributed by atoms with van der Waals surface area (Å²) in [6.45, 7) is 4.20. The van der Waals surface area contributed by atoms with Gasteiger partial charge in [0.15, 0.2) is 0 Å². The molecule has 96 valence electrons. The minimum Gasteiger partial charge on any atom is -0.339 e. The largest absolute Gasteiger partial charge is 0.339 e. The fourth-order valence-corrected chi connectivity index (χ4v) is 1.85. The lowest BCUT2D eigenvalue weighted by atomic mass is 9.98. The summed E-state index contributed by atoms with van der Waals surface area (Å²) in [6.07, 6.45) is 5.78. The molecule has 2 aromatic heterocycles. The zero-order valence-corrected chi connectivity index (χ0v) is 10.8. The van der Waals surface area contributed by atoms with Crippen molar-refractivity contribution < 1.29 is 4.52 Å². The molecule has 0 saturated carbocycles. The molecule has 0 aliphatic carbocycles. The Kier molecular flexibility index (Phi) is 3.99. The van der Waals surface area contributed by atoms with Crippen molar-refractivity contribution in [1.82, 2.24) is 25.4 Å². The summed E-state index contributed by atoms with van der Waals surface area (Å²) in [4.78, 5) is 12.5. The highest BCUT2D eigenvalue weighted by Gasteiger charge is 2.23. The van der Waals surface area contributed by atoms with Gasteiger partial charge in [0.05, 0.1) is 12.1 Å². The van der Waals surface area contributed by atoms with E-state index in [1.807, 2.05) is 7.05 Å². The molecule has 0 amide bonds. The van der Waals surface area contributed by atoms with Crippen molar-refractivity contribution >= 4 is 0 Å². The second-order valence-electron chi connectivity index (χ2n) is 4.14. The number of hydrogen-bond acceptors (Lipinski definition) is 6. The number of nitrogens with zero attached hydrogens (tertiary/aromatic N) is 4. The SMILES string of the molecule is CCC(c1nc(-c2cnccn2)no1)C(C)NC. The van der Waals surface area contributed by atoms with E-state index >= 15 is 0 Å². The van der Waals surface area contributed by atoms with Crippen LogP contribution >= 0.6 is 0 Å². The van der Waals surface area contributed by atoms with E-state index < -0.39 is 0 Å². The highest BCUT2D eigenvalue weighted by molar-refractivity contribution is 5.45. The summed E-state index contributed by atoms with van der Waals surface area (Å²) in [7, 11) is 1.92. The van der Waals surface area contributed by atoms with Crippen LogP contribution in [0.1, 0.15) is 32.1 Å². The van der Waals surface area contributed by atoms with Gasteiger partial charge in [-0.1, -0.05) is 12.1 Å². The summed E-state index contributed by atoms with van der Waals surface area (Å²) in [5, 5.41) is 7.16. The first-order chi connectivity index (χ1) is 8.76. The van der Waals surface area contributed by atoms with Crippen LogP contribution in [0.15, 0.2) is 23.1 Å². The lowest BCUT2D eigenvalue weighted by molar-refractivity contribution is 0.322. The predicted molar refractivity (Wildman–Crippen MR) is 66.9 cm³/mol. The number of nitrogens with one attached hydrogen (secondary N) is 1. The zero-order chi connectivity index (χ0) is 13.0. The van der Waals surface area contributed by atoms with E-state index in [0.29, 0.717) is 17.4 Å². The summed E-state index contributed by atoms with van der Waals surface area (Å²) in [6, 6.07) is 0.283. The number of rotatable bonds is 5. The third-order valence-electron chi connectivity index (χ3n) is 3.05. The van der Waals surface area contributed by atoms with E-state index in [2.05, 4.69) is 39.3 Å². The molecular formula is C12H17N5O. The molecule has 2 aromatic rings. The molecule has 2 rings (SSSR count). The van der Waals surface area contributed by atoms with Gasteiger partial charge < -0.3 is 9.84 Å². The molecule has 1 N–H and O–H groups in total. The fourth-order valence-electron chi connectivity index (χ4n) is 1.85. The van der Waals surface area contributed by atoms with Crippen LogP contribution in [0.2, 0.25) is 0 Å². The molecule has 0 aromatic carbocycles. The van der Waals surface area contributed by atoms with Gasteiger partial charge >= 0.3 is 0 Å². The van der Waals surface area contributed by atoms with Crippen molar-refractivity contribution in [3.8, 4) is 11.5 Å². The number of likely N-dealkylation sites (N-methyl/N-ethyl adjacent to an activating group) is 1. The molecule has 2 heterocycles. The Bertz CT molecular complexity index is 484. The minimum atomic E-state index is 0.202. The monoisotopic (exact) mass is 247 g/mol. The van der Waals surface area contributed by atoms with Gasteiger partial charge in [0.2, 0.25) is 11.7 Å². The van der Waals surface area contributed by atoms with E-state index in [1.54, 1.807) is 18.6 Å². The fraction of sp³-hybridized carbons (Fsp3) is 0.500. The molecule has 18 heavy (non-hydrogen) atoms. The lowest BCUT2D eigenvalue weighted by Crippen LogP contribution is -2.28. The maximum Gasteiger partial charge on any atom is 0.231 e. The van der Waals surface area contributed by atoms with Crippen molar-refractivity contribution in [3.63, 3.8) is 0 Å². The Morgan fingerprint density at radius 3 is 2.83 bits per heavy atom. The van der Waals surface area contributed by atoms with Crippen LogP contribution in [0.3, 0.4) is 0 Å². The topological polar surface area (TPSA) is 76.7 Å². The Morgan fingerprint density at radius 1 is 1.39 bits per heavy atom. The van der Waals surface area contributed by atoms with E-state index in [1.165, 1.54) is 0 Å². The quantitative estimate of drug-likeness (QED) is 0.865. The smallest absolute Gasteiger partial charge is 0.231 e. The van der Waals surface area contributed by atoms with Crippen molar-refractivity contribution in [2.75, 3.05) is 7.05 Å². The van der Waals surface area contributed by atoms with E-state index in [0.717, 1.165) is 6.42 Å². The third-order valence-corrected chi connectivity index (χ3v) is 3.05. The third kappa shape index (κ3) is 2.53. The Hall–Kier alpha value is -1.82. The van der Waals surface area contributed by atoms with Crippen LogP contribution in [0.5, 0.6) is 0 Å². The van der Waals surface area contributed by atoms with Gasteiger partial charge in [-0.3, -0.25) is 4.98 Å². The van der Waals surface area contributed by atoms with E-state index in [-0.39, 0.29) is 12.0 Å². The van der Waals surface area contributed by atoms with E-state index in [4.69, 9.17) is 4.52 Å².